The lowest BCUT2D eigenvalue weighted by molar-refractivity contribution is 0.414. The van der Waals surface area contributed by atoms with Crippen LogP contribution in [0.3, 0.4) is 0 Å². The molecule has 0 spiro atoms. The molecule has 0 saturated carbocycles. The number of benzene rings is 4. The van der Waals surface area contributed by atoms with Crippen molar-refractivity contribution in [3.63, 3.8) is 0 Å². The second-order valence-corrected chi connectivity index (χ2v) is 8.95. The fourth-order valence-electron chi connectivity index (χ4n) is 3.21. The molecule has 4 aromatic rings. The van der Waals surface area contributed by atoms with Gasteiger partial charge in [0.25, 0.3) is 0 Å². The van der Waals surface area contributed by atoms with E-state index in [0.717, 1.165) is 16.9 Å². The molecule has 0 bridgehead atoms. The molecule has 0 unspecified atom stereocenters. The number of hydrogen-bond donors (Lipinski definition) is 0. The van der Waals surface area contributed by atoms with E-state index in [2.05, 4.69) is 0 Å². The molecule has 6 heteroatoms. The minimum atomic E-state index is -3.61. The number of hydrogen-bond acceptors (Lipinski definition) is 5. The lowest BCUT2D eigenvalue weighted by Crippen LogP contribution is -2.01. The largest absolute Gasteiger partial charge is 0.497 e. The van der Waals surface area contributed by atoms with Gasteiger partial charge in [-0.3, -0.25) is 0 Å². The molecule has 0 radical (unpaired) electrons. The van der Waals surface area contributed by atoms with E-state index in [-0.39, 0.29) is 9.79 Å². The van der Waals surface area contributed by atoms with Crippen LogP contribution in [0.2, 0.25) is 0 Å². The Morgan fingerprint density at radius 3 is 1.16 bits per heavy atom. The summed E-state index contributed by atoms with van der Waals surface area (Å²) in [5.41, 5.74) is 2.13. The van der Waals surface area contributed by atoms with Gasteiger partial charge in [0.05, 0.1) is 24.0 Å². The molecule has 5 nitrogen and oxygen atoms in total. The Morgan fingerprint density at radius 2 is 0.781 bits per heavy atom. The second-order valence-electron chi connectivity index (χ2n) is 7.01. The molecule has 0 aliphatic carbocycles. The van der Waals surface area contributed by atoms with Crippen molar-refractivity contribution < 1.29 is 22.6 Å². The van der Waals surface area contributed by atoms with Gasteiger partial charge in [0.2, 0.25) is 9.84 Å². The van der Waals surface area contributed by atoms with E-state index in [1.807, 2.05) is 48.5 Å². The third-order valence-corrected chi connectivity index (χ3v) is 6.80. The first-order chi connectivity index (χ1) is 15.5. The van der Waals surface area contributed by atoms with Crippen molar-refractivity contribution in [2.24, 2.45) is 0 Å². The highest BCUT2D eigenvalue weighted by molar-refractivity contribution is 7.91. The van der Waals surface area contributed by atoms with E-state index in [0.29, 0.717) is 17.2 Å². The Balaban J connectivity index is 1.47. The zero-order valence-corrected chi connectivity index (χ0v) is 18.5. The van der Waals surface area contributed by atoms with Gasteiger partial charge in [0, 0.05) is 0 Å². The van der Waals surface area contributed by atoms with Crippen molar-refractivity contribution in [1.29, 1.82) is 0 Å². The van der Waals surface area contributed by atoms with Crippen LogP contribution in [-0.4, -0.2) is 22.6 Å². The summed E-state index contributed by atoms with van der Waals surface area (Å²) in [4.78, 5) is 0.408. The third-order valence-electron chi connectivity index (χ3n) is 5.02. The first-order valence-electron chi connectivity index (χ1n) is 9.91. The zero-order valence-electron chi connectivity index (χ0n) is 17.7. The maximum absolute atomic E-state index is 12.8. The summed E-state index contributed by atoms with van der Waals surface area (Å²) in [5, 5.41) is 0. The first-order valence-corrected chi connectivity index (χ1v) is 11.4. The highest BCUT2D eigenvalue weighted by Crippen LogP contribution is 2.29. The highest BCUT2D eigenvalue weighted by atomic mass is 32.2. The highest BCUT2D eigenvalue weighted by Gasteiger charge is 2.17. The van der Waals surface area contributed by atoms with Gasteiger partial charge in [-0.15, -0.1) is 0 Å². The van der Waals surface area contributed by atoms with Crippen molar-refractivity contribution in [3.05, 3.63) is 97.1 Å². The molecular weight excluding hydrogens is 424 g/mol. The van der Waals surface area contributed by atoms with Crippen LogP contribution < -0.4 is 14.2 Å². The van der Waals surface area contributed by atoms with E-state index >= 15 is 0 Å². The van der Waals surface area contributed by atoms with Gasteiger partial charge < -0.3 is 14.2 Å². The maximum Gasteiger partial charge on any atom is 0.206 e. The Morgan fingerprint density at radius 1 is 0.469 bits per heavy atom. The van der Waals surface area contributed by atoms with E-state index in [4.69, 9.17) is 14.2 Å². The minimum Gasteiger partial charge on any atom is -0.497 e. The minimum absolute atomic E-state index is 0.199. The van der Waals surface area contributed by atoms with Crippen molar-refractivity contribution in [2.75, 3.05) is 14.2 Å². The van der Waals surface area contributed by atoms with Gasteiger partial charge in [-0.25, -0.2) is 8.42 Å². The average Bonchev–Trinajstić information content (AvgIpc) is 2.85. The van der Waals surface area contributed by atoms with Gasteiger partial charge >= 0.3 is 0 Å². The number of rotatable bonds is 7. The fraction of sp³-hybridized carbons (Fsp3) is 0.0769. The molecule has 0 N–H and O–H groups in total. The van der Waals surface area contributed by atoms with Gasteiger partial charge in [0.15, 0.2) is 0 Å². The smallest absolute Gasteiger partial charge is 0.206 e. The van der Waals surface area contributed by atoms with E-state index in [1.165, 1.54) is 19.2 Å². The van der Waals surface area contributed by atoms with Crippen LogP contribution >= 0.6 is 0 Å². The van der Waals surface area contributed by atoms with Gasteiger partial charge in [-0.2, -0.15) is 0 Å². The van der Waals surface area contributed by atoms with Crippen molar-refractivity contribution in [2.45, 2.75) is 9.79 Å². The Kier molecular flexibility index (Phi) is 6.14. The van der Waals surface area contributed by atoms with Gasteiger partial charge in [-0.05, 0) is 83.9 Å². The lowest BCUT2D eigenvalue weighted by Gasteiger charge is -2.09. The molecule has 0 aromatic heterocycles. The van der Waals surface area contributed by atoms with Crippen LogP contribution in [0.5, 0.6) is 23.0 Å². The molecule has 0 saturated heterocycles. The van der Waals surface area contributed by atoms with E-state index < -0.39 is 9.84 Å². The number of sulfone groups is 1. The SMILES string of the molecule is COc1ccc(-c2ccc(Oc3ccc(S(=O)(=O)c4ccc(OC)cc4)cc3)cc2)cc1. The van der Waals surface area contributed by atoms with Crippen LogP contribution in [0.4, 0.5) is 0 Å². The Labute approximate surface area is 187 Å². The quantitative estimate of drug-likeness (QED) is 0.349. The predicted molar refractivity (Wildman–Crippen MR) is 123 cm³/mol. The van der Waals surface area contributed by atoms with Crippen LogP contribution in [0.25, 0.3) is 11.1 Å². The van der Waals surface area contributed by atoms with E-state index in [9.17, 15) is 8.42 Å². The normalized spacial score (nSPS) is 11.1. The summed E-state index contributed by atoms with van der Waals surface area (Å²) < 4.78 is 41.8. The molecule has 0 aliphatic rings. The third kappa shape index (κ3) is 4.60. The van der Waals surface area contributed by atoms with Crippen LogP contribution in [-0.2, 0) is 9.84 Å². The van der Waals surface area contributed by atoms with Crippen molar-refractivity contribution >= 4 is 9.84 Å². The molecular formula is C26H22O5S. The standard InChI is InChI=1S/C26H22O5S/c1-29-21-7-3-19(4-8-21)20-5-9-23(10-6-20)31-24-13-17-26(18-14-24)32(27,28)25-15-11-22(30-2)12-16-25/h3-18H,1-2H3. The summed E-state index contributed by atoms with van der Waals surface area (Å²) in [6, 6.07) is 28.2. The molecule has 4 aromatic carbocycles. The molecule has 0 amide bonds. The topological polar surface area (TPSA) is 61.8 Å². The van der Waals surface area contributed by atoms with Crippen LogP contribution in [0.1, 0.15) is 0 Å². The van der Waals surface area contributed by atoms with Crippen LogP contribution in [0, 0.1) is 0 Å². The summed E-state index contributed by atoms with van der Waals surface area (Å²) in [7, 11) is -0.437. The van der Waals surface area contributed by atoms with Gasteiger partial charge in [-0.1, -0.05) is 24.3 Å². The monoisotopic (exact) mass is 446 g/mol. The summed E-state index contributed by atoms with van der Waals surface area (Å²) in [6.45, 7) is 0. The molecule has 0 heterocycles. The predicted octanol–water partition coefficient (Wildman–Crippen LogP) is 6.00. The molecule has 0 fully saturated rings. The number of methoxy groups -OCH3 is 2. The van der Waals surface area contributed by atoms with E-state index in [1.54, 1.807) is 43.5 Å². The second kappa shape index (κ2) is 9.16. The zero-order chi connectivity index (χ0) is 22.6. The van der Waals surface area contributed by atoms with Gasteiger partial charge in [0.1, 0.15) is 23.0 Å². The molecule has 162 valence electrons. The lowest BCUT2D eigenvalue weighted by atomic mass is 10.1. The molecule has 0 aliphatic heterocycles. The summed E-state index contributed by atoms with van der Waals surface area (Å²) in [5.74, 6) is 2.63. The maximum atomic E-state index is 12.8. The van der Waals surface area contributed by atoms with Crippen molar-refractivity contribution in [3.8, 4) is 34.1 Å². The Hall–Kier alpha value is -3.77. The summed E-state index contributed by atoms with van der Waals surface area (Å²) >= 11 is 0. The first kappa shape index (κ1) is 21.5. The molecule has 32 heavy (non-hydrogen) atoms. The number of ether oxygens (including phenoxy) is 3. The fourth-order valence-corrected chi connectivity index (χ4v) is 4.47. The average molecular weight is 447 g/mol. The molecule has 0 atom stereocenters. The molecule has 4 rings (SSSR count). The summed E-state index contributed by atoms with van der Waals surface area (Å²) in [6.07, 6.45) is 0. The van der Waals surface area contributed by atoms with Crippen molar-refractivity contribution in [1.82, 2.24) is 0 Å². The Bertz CT molecular complexity index is 1280. The van der Waals surface area contributed by atoms with Crippen LogP contribution in [0.15, 0.2) is 107 Å².